The summed E-state index contributed by atoms with van der Waals surface area (Å²) in [5.41, 5.74) is 0.765. The topological polar surface area (TPSA) is 20.3 Å². The Morgan fingerprint density at radius 2 is 1.85 bits per heavy atom. The van der Waals surface area contributed by atoms with Crippen LogP contribution in [0.1, 0.15) is 5.56 Å². The number of likely N-dealkylation sites (N-methyl/N-ethyl adjacent to an activating group) is 1. The zero-order chi connectivity index (χ0) is 14.5. The molecule has 0 aliphatic carbocycles. The van der Waals surface area contributed by atoms with Gasteiger partial charge in [-0.25, -0.2) is 8.78 Å². The molecule has 0 saturated carbocycles. The molecule has 0 saturated heterocycles. The number of para-hydroxylation sites is 1. The third-order valence-corrected chi connectivity index (χ3v) is 2.81. The van der Waals surface area contributed by atoms with Crippen molar-refractivity contribution in [1.29, 1.82) is 0 Å². The molecule has 2 rings (SSSR count). The number of rotatable bonds is 3. The van der Waals surface area contributed by atoms with Gasteiger partial charge in [-0.15, -0.1) is 0 Å². The van der Waals surface area contributed by atoms with E-state index < -0.39 is 5.82 Å². The molecule has 2 nitrogen and oxygen atoms in total. The minimum atomic E-state index is -0.470. The Hall–Kier alpha value is -2.49. The Balaban J connectivity index is 2.14. The van der Waals surface area contributed by atoms with Gasteiger partial charge < -0.3 is 4.90 Å². The molecule has 20 heavy (non-hydrogen) atoms. The van der Waals surface area contributed by atoms with Gasteiger partial charge in [0, 0.05) is 13.1 Å². The van der Waals surface area contributed by atoms with E-state index in [1.165, 1.54) is 48.4 Å². The zero-order valence-corrected chi connectivity index (χ0v) is 10.9. The summed E-state index contributed by atoms with van der Waals surface area (Å²) in [4.78, 5) is 13.1. The molecule has 2 aromatic rings. The fourth-order valence-electron chi connectivity index (χ4n) is 1.73. The Bertz CT molecular complexity index is 652. The third kappa shape index (κ3) is 3.29. The van der Waals surface area contributed by atoms with Gasteiger partial charge in [-0.05, 0) is 35.9 Å². The van der Waals surface area contributed by atoms with Gasteiger partial charge in [-0.2, -0.15) is 0 Å². The summed E-state index contributed by atoms with van der Waals surface area (Å²) >= 11 is 0. The average Bonchev–Trinajstić information content (AvgIpc) is 2.44. The van der Waals surface area contributed by atoms with Gasteiger partial charge in [0.2, 0.25) is 0 Å². The molecule has 0 N–H and O–H groups in total. The molecular formula is C16H13F2NO. The van der Waals surface area contributed by atoms with Crippen LogP contribution in [0.25, 0.3) is 6.08 Å². The van der Waals surface area contributed by atoms with Gasteiger partial charge in [0.1, 0.15) is 11.6 Å². The summed E-state index contributed by atoms with van der Waals surface area (Å²) in [5.74, 6) is -1.23. The van der Waals surface area contributed by atoms with Crippen LogP contribution in [-0.4, -0.2) is 13.0 Å². The number of nitrogens with zero attached hydrogens (tertiary/aromatic N) is 1. The van der Waals surface area contributed by atoms with Gasteiger partial charge in [0.25, 0.3) is 5.91 Å². The maximum Gasteiger partial charge on any atom is 0.250 e. The van der Waals surface area contributed by atoms with Crippen molar-refractivity contribution in [3.8, 4) is 0 Å². The van der Waals surface area contributed by atoms with Crippen LogP contribution in [0, 0.1) is 11.6 Å². The van der Waals surface area contributed by atoms with Crippen molar-refractivity contribution in [3.63, 3.8) is 0 Å². The van der Waals surface area contributed by atoms with Gasteiger partial charge in [0.15, 0.2) is 0 Å². The summed E-state index contributed by atoms with van der Waals surface area (Å²) in [5, 5.41) is 0. The number of anilines is 1. The Morgan fingerprint density at radius 3 is 2.55 bits per heavy atom. The van der Waals surface area contributed by atoms with E-state index >= 15 is 0 Å². The molecule has 0 aliphatic rings. The molecular weight excluding hydrogens is 260 g/mol. The van der Waals surface area contributed by atoms with Crippen molar-refractivity contribution in [2.75, 3.05) is 11.9 Å². The lowest BCUT2D eigenvalue weighted by Gasteiger charge is -2.15. The number of amides is 1. The Kier molecular flexibility index (Phi) is 4.25. The van der Waals surface area contributed by atoms with Crippen LogP contribution in [0.5, 0.6) is 0 Å². The van der Waals surface area contributed by atoms with Crippen LogP contribution >= 0.6 is 0 Å². The minimum absolute atomic E-state index is 0.196. The maximum absolute atomic E-state index is 13.5. The molecule has 4 heteroatoms. The molecule has 0 heterocycles. The first-order valence-corrected chi connectivity index (χ1v) is 6.04. The van der Waals surface area contributed by atoms with Gasteiger partial charge >= 0.3 is 0 Å². The van der Waals surface area contributed by atoms with E-state index in [-0.39, 0.29) is 17.4 Å². The van der Waals surface area contributed by atoms with E-state index in [1.54, 1.807) is 24.3 Å². The quantitative estimate of drug-likeness (QED) is 0.782. The minimum Gasteiger partial charge on any atom is -0.309 e. The number of hydrogen-bond acceptors (Lipinski definition) is 1. The fourth-order valence-corrected chi connectivity index (χ4v) is 1.73. The van der Waals surface area contributed by atoms with E-state index in [4.69, 9.17) is 0 Å². The number of carbonyl (C=O) groups excluding carboxylic acids is 1. The lowest BCUT2D eigenvalue weighted by Crippen LogP contribution is -2.24. The van der Waals surface area contributed by atoms with Gasteiger partial charge in [-0.1, -0.05) is 24.3 Å². The van der Waals surface area contributed by atoms with Crippen molar-refractivity contribution in [3.05, 3.63) is 71.8 Å². The predicted molar refractivity (Wildman–Crippen MR) is 75.2 cm³/mol. The third-order valence-electron chi connectivity index (χ3n) is 2.81. The van der Waals surface area contributed by atoms with Crippen LogP contribution < -0.4 is 4.90 Å². The molecule has 0 unspecified atom stereocenters. The number of halogens is 2. The highest BCUT2D eigenvalue weighted by molar-refractivity contribution is 6.03. The molecule has 1 amide bonds. The van der Waals surface area contributed by atoms with E-state index in [0.717, 1.165) is 0 Å². The van der Waals surface area contributed by atoms with Crippen molar-refractivity contribution in [2.24, 2.45) is 0 Å². The van der Waals surface area contributed by atoms with Crippen LogP contribution in [0.4, 0.5) is 14.5 Å². The highest BCUT2D eigenvalue weighted by Gasteiger charge is 2.11. The molecule has 0 spiro atoms. The number of hydrogen-bond donors (Lipinski definition) is 0. The van der Waals surface area contributed by atoms with Gasteiger partial charge in [0.05, 0.1) is 5.69 Å². The van der Waals surface area contributed by atoms with E-state index in [9.17, 15) is 13.6 Å². The van der Waals surface area contributed by atoms with Crippen molar-refractivity contribution >= 4 is 17.7 Å². The number of carbonyl (C=O) groups is 1. The normalized spacial score (nSPS) is 10.8. The first-order valence-electron chi connectivity index (χ1n) is 6.04. The second-order valence-electron chi connectivity index (χ2n) is 4.24. The standard InChI is InChI=1S/C16H13F2NO/c1-19(15-8-3-2-7-14(15)18)16(20)10-9-12-5-4-6-13(17)11-12/h2-11H,1H3. The summed E-state index contributed by atoms with van der Waals surface area (Å²) in [6.45, 7) is 0. The first kappa shape index (κ1) is 13.9. The Labute approximate surface area is 116 Å². The monoisotopic (exact) mass is 273 g/mol. The molecule has 0 bridgehead atoms. The van der Waals surface area contributed by atoms with Crippen LogP contribution in [0.15, 0.2) is 54.6 Å². The molecule has 0 atom stereocenters. The molecule has 0 fully saturated rings. The maximum atomic E-state index is 13.5. The summed E-state index contributed by atoms with van der Waals surface area (Å²) in [7, 11) is 1.48. The summed E-state index contributed by atoms with van der Waals surface area (Å²) in [6, 6.07) is 11.9. The van der Waals surface area contributed by atoms with Crippen LogP contribution in [0.3, 0.4) is 0 Å². The number of benzene rings is 2. The zero-order valence-electron chi connectivity index (χ0n) is 10.9. The average molecular weight is 273 g/mol. The molecule has 0 aliphatic heterocycles. The van der Waals surface area contributed by atoms with Crippen molar-refractivity contribution in [1.82, 2.24) is 0 Å². The smallest absolute Gasteiger partial charge is 0.250 e. The predicted octanol–water partition coefficient (Wildman–Crippen LogP) is 3.64. The van der Waals surface area contributed by atoms with E-state index in [1.807, 2.05) is 0 Å². The second-order valence-corrected chi connectivity index (χ2v) is 4.24. The first-order chi connectivity index (χ1) is 9.58. The SMILES string of the molecule is CN(C(=O)C=Cc1cccc(F)c1)c1ccccc1F. The molecule has 0 aromatic heterocycles. The fraction of sp³-hybridized carbons (Fsp3) is 0.0625. The highest BCUT2D eigenvalue weighted by atomic mass is 19.1. The Morgan fingerprint density at radius 1 is 1.10 bits per heavy atom. The van der Waals surface area contributed by atoms with Crippen LogP contribution in [-0.2, 0) is 4.79 Å². The summed E-state index contributed by atoms with van der Waals surface area (Å²) < 4.78 is 26.5. The largest absolute Gasteiger partial charge is 0.309 e. The lowest BCUT2D eigenvalue weighted by molar-refractivity contribution is -0.113. The summed E-state index contributed by atoms with van der Waals surface area (Å²) in [6.07, 6.45) is 2.77. The molecule has 0 radical (unpaired) electrons. The lowest BCUT2D eigenvalue weighted by atomic mass is 10.2. The molecule has 2 aromatic carbocycles. The van der Waals surface area contributed by atoms with Gasteiger partial charge in [-0.3, -0.25) is 4.79 Å². The molecule has 102 valence electrons. The second kappa shape index (κ2) is 6.10. The van der Waals surface area contributed by atoms with E-state index in [2.05, 4.69) is 0 Å². The van der Waals surface area contributed by atoms with Crippen molar-refractivity contribution in [2.45, 2.75) is 0 Å². The highest BCUT2D eigenvalue weighted by Crippen LogP contribution is 2.17. The van der Waals surface area contributed by atoms with E-state index in [0.29, 0.717) is 5.56 Å². The van der Waals surface area contributed by atoms with Crippen molar-refractivity contribution < 1.29 is 13.6 Å². The van der Waals surface area contributed by atoms with Crippen LogP contribution in [0.2, 0.25) is 0 Å².